The van der Waals surface area contributed by atoms with Crippen LogP contribution in [0.1, 0.15) is 11.3 Å². The fourth-order valence-corrected chi connectivity index (χ4v) is 4.69. The molecule has 6 heteroatoms. The highest BCUT2D eigenvalue weighted by atomic mass is 32.2. The Morgan fingerprint density at radius 3 is 2.67 bits per heavy atom. The third kappa shape index (κ3) is 4.76. The lowest BCUT2D eigenvalue weighted by molar-refractivity contribution is -0.121. The van der Waals surface area contributed by atoms with E-state index in [9.17, 15) is 4.79 Å². The minimum Gasteiger partial charge on any atom is -0.305 e. The van der Waals surface area contributed by atoms with Gasteiger partial charge in [-0.15, -0.1) is 0 Å². The molecule has 0 fully saturated rings. The van der Waals surface area contributed by atoms with Gasteiger partial charge in [-0.1, -0.05) is 41.7 Å². The van der Waals surface area contributed by atoms with Crippen LogP contribution in [-0.2, 0) is 11.2 Å². The van der Waals surface area contributed by atoms with E-state index in [0.29, 0.717) is 0 Å². The van der Waals surface area contributed by atoms with Gasteiger partial charge in [0.1, 0.15) is 10.0 Å². The number of pyridine rings is 1. The molecule has 4 nitrogen and oxygen atoms in total. The molecule has 0 saturated heterocycles. The summed E-state index contributed by atoms with van der Waals surface area (Å²) in [7, 11) is 1.86. The molecular formula is C21H23N3OS2. The number of hydrogen-bond acceptors (Lipinski definition) is 5. The molecule has 0 radical (unpaired) electrons. The molecular weight excluding hydrogens is 374 g/mol. The first-order chi connectivity index (χ1) is 13.1. The van der Waals surface area contributed by atoms with Crippen molar-refractivity contribution in [1.82, 2.24) is 9.97 Å². The highest BCUT2D eigenvalue weighted by Gasteiger charge is 2.26. The van der Waals surface area contributed by atoms with Crippen LogP contribution in [0.2, 0.25) is 0 Å². The van der Waals surface area contributed by atoms with E-state index in [0.717, 1.165) is 33.4 Å². The van der Waals surface area contributed by atoms with Gasteiger partial charge >= 0.3 is 0 Å². The number of thiazole rings is 1. The second-order valence-corrected chi connectivity index (χ2v) is 8.28. The molecule has 27 heavy (non-hydrogen) atoms. The number of benzene rings is 1. The summed E-state index contributed by atoms with van der Waals surface area (Å²) in [6, 6.07) is 14.1. The predicted octanol–water partition coefficient (Wildman–Crippen LogP) is 4.70. The lowest BCUT2D eigenvalue weighted by Gasteiger charge is -2.22. The maximum Gasteiger partial charge on any atom is 0.231 e. The lowest BCUT2D eigenvalue weighted by Crippen LogP contribution is -2.35. The molecule has 0 spiro atoms. The number of nitrogens with zero attached hydrogens (tertiary/aromatic N) is 3. The molecule has 0 aliphatic carbocycles. The molecule has 3 aromatic rings. The van der Waals surface area contributed by atoms with Crippen molar-refractivity contribution in [2.45, 2.75) is 13.3 Å². The molecule has 140 valence electrons. The van der Waals surface area contributed by atoms with E-state index in [1.165, 1.54) is 16.9 Å². The maximum absolute atomic E-state index is 13.2. The Morgan fingerprint density at radius 2 is 2.00 bits per heavy atom. The largest absolute Gasteiger partial charge is 0.305 e. The van der Waals surface area contributed by atoms with Crippen molar-refractivity contribution in [3.8, 4) is 10.6 Å². The van der Waals surface area contributed by atoms with Crippen molar-refractivity contribution in [3.63, 3.8) is 0 Å². The van der Waals surface area contributed by atoms with Gasteiger partial charge in [-0.25, -0.2) is 4.98 Å². The molecule has 2 aromatic heterocycles. The SMILES string of the molecule is CSCC(Cc1ccccc1)C(=O)N(C)c1sc(-c2cccnc2)nc1C. The van der Waals surface area contributed by atoms with Gasteiger partial charge in [0.25, 0.3) is 0 Å². The number of aryl methyl sites for hydroxylation is 1. The fourth-order valence-electron chi connectivity index (χ4n) is 3.00. The molecule has 0 aliphatic heterocycles. The van der Waals surface area contributed by atoms with Crippen LogP contribution in [0.25, 0.3) is 10.6 Å². The number of thioether (sulfide) groups is 1. The summed E-state index contributed by atoms with van der Waals surface area (Å²) in [5.74, 6) is 0.874. The number of amides is 1. The maximum atomic E-state index is 13.2. The molecule has 0 aliphatic rings. The van der Waals surface area contributed by atoms with Gasteiger partial charge in [-0.3, -0.25) is 9.78 Å². The third-order valence-electron chi connectivity index (χ3n) is 4.36. The van der Waals surface area contributed by atoms with Crippen LogP contribution >= 0.6 is 23.1 Å². The smallest absolute Gasteiger partial charge is 0.231 e. The van der Waals surface area contributed by atoms with E-state index in [1.807, 2.05) is 50.6 Å². The molecule has 1 aromatic carbocycles. The van der Waals surface area contributed by atoms with Crippen LogP contribution in [0.3, 0.4) is 0 Å². The van der Waals surface area contributed by atoms with E-state index in [2.05, 4.69) is 22.1 Å². The predicted molar refractivity (Wildman–Crippen MR) is 116 cm³/mol. The molecule has 1 amide bonds. The Balaban J connectivity index is 1.81. The van der Waals surface area contributed by atoms with Crippen LogP contribution in [0.15, 0.2) is 54.9 Å². The van der Waals surface area contributed by atoms with Crippen LogP contribution in [0, 0.1) is 12.8 Å². The van der Waals surface area contributed by atoms with E-state index >= 15 is 0 Å². The highest BCUT2D eigenvalue weighted by Crippen LogP contribution is 2.34. The monoisotopic (exact) mass is 397 g/mol. The van der Waals surface area contributed by atoms with Crippen molar-refractivity contribution < 1.29 is 4.79 Å². The average Bonchev–Trinajstić information content (AvgIpc) is 3.10. The lowest BCUT2D eigenvalue weighted by atomic mass is 10.00. The number of rotatable bonds is 7. The standard InChI is InChI=1S/C21H23N3OS2/c1-15-21(27-19(23-15)17-10-7-11-22-13-17)24(2)20(25)18(14-26-3)12-16-8-5-4-6-9-16/h4-11,13,18H,12,14H2,1-3H3. The first-order valence-corrected chi connectivity index (χ1v) is 11.0. The van der Waals surface area contributed by atoms with Crippen molar-refractivity contribution in [1.29, 1.82) is 0 Å². The molecule has 0 bridgehead atoms. The summed E-state index contributed by atoms with van der Waals surface area (Å²) in [5.41, 5.74) is 3.04. The van der Waals surface area contributed by atoms with Gasteiger partial charge in [-0.05, 0) is 37.3 Å². The number of hydrogen-bond donors (Lipinski definition) is 0. The molecule has 2 heterocycles. The summed E-state index contributed by atoms with van der Waals surface area (Å²) >= 11 is 3.25. The summed E-state index contributed by atoms with van der Waals surface area (Å²) in [6.07, 6.45) is 6.34. The van der Waals surface area contributed by atoms with Gasteiger partial charge in [0.2, 0.25) is 5.91 Å². The Bertz CT molecular complexity index is 881. The van der Waals surface area contributed by atoms with E-state index in [1.54, 1.807) is 29.1 Å². The minimum absolute atomic E-state index is 0.0595. The Morgan fingerprint density at radius 1 is 1.22 bits per heavy atom. The number of aromatic nitrogens is 2. The quantitative estimate of drug-likeness (QED) is 0.580. The van der Waals surface area contributed by atoms with Gasteiger partial charge < -0.3 is 4.90 Å². The van der Waals surface area contributed by atoms with Gasteiger partial charge in [-0.2, -0.15) is 11.8 Å². The number of carbonyl (C=O) groups is 1. The summed E-state index contributed by atoms with van der Waals surface area (Å²) in [4.78, 5) is 23.8. The Hall–Kier alpha value is -2.18. The second kappa shape index (κ2) is 9.15. The zero-order valence-corrected chi connectivity index (χ0v) is 17.4. The summed E-state index contributed by atoms with van der Waals surface area (Å²) in [5, 5.41) is 1.79. The summed E-state index contributed by atoms with van der Waals surface area (Å²) < 4.78 is 0. The average molecular weight is 398 g/mol. The number of carbonyl (C=O) groups excluding carboxylic acids is 1. The van der Waals surface area contributed by atoms with Crippen molar-refractivity contribution in [3.05, 3.63) is 66.1 Å². The fraction of sp³-hybridized carbons (Fsp3) is 0.286. The Kier molecular flexibility index (Phi) is 6.63. The molecule has 1 atom stereocenters. The van der Waals surface area contributed by atoms with Crippen molar-refractivity contribution in [2.75, 3.05) is 24.0 Å². The van der Waals surface area contributed by atoms with E-state index in [-0.39, 0.29) is 11.8 Å². The Labute approximate surface area is 168 Å². The normalized spacial score (nSPS) is 12.0. The van der Waals surface area contributed by atoms with Crippen LogP contribution < -0.4 is 4.90 Å². The first kappa shape index (κ1) is 19.6. The highest BCUT2D eigenvalue weighted by molar-refractivity contribution is 7.98. The van der Waals surface area contributed by atoms with Crippen LogP contribution in [-0.4, -0.2) is 34.9 Å². The molecule has 0 N–H and O–H groups in total. The zero-order valence-electron chi connectivity index (χ0n) is 15.8. The van der Waals surface area contributed by atoms with Gasteiger partial charge in [0.15, 0.2) is 0 Å². The summed E-state index contributed by atoms with van der Waals surface area (Å²) in [6.45, 7) is 1.95. The van der Waals surface area contributed by atoms with Crippen molar-refractivity contribution >= 4 is 34.0 Å². The van der Waals surface area contributed by atoms with Crippen molar-refractivity contribution in [2.24, 2.45) is 5.92 Å². The zero-order chi connectivity index (χ0) is 19.2. The molecule has 0 saturated carbocycles. The van der Waals surface area contributed by atoms with Crippen LogP contribution in [0.4, 0.5) is 5.00 Å². The van der Waals surface area contributed by atoms with Crippen LogP contribution in [0.5, 0.6) is 0 Å². The van der Waals surface area contributed by atoms with E-state index < -0.39 is 0 Å². The third-order valence-corrected chi connectivity index (χ3v) is 6.38. The topological polar surface area (TPSA) is 46.1 Å². The molecule has 3 rings (SSSR count). The second-order valence-electron chi connectivity index (χ2n) is 6.39. The van der Waals surface area contributed by atoms with Gasteiger partial charge in [0.05, 0.1) is 11.6 Å². The van der Waals surface area contributed by atoms with E-state index in [4.69, 9.17) is 0 Å². The van der Waals surface area contributed by atoms with Gasteiger partial charge in [0, 0.05) is 30.8 Å². The first-order valence-electron chi connectivity index (χ1n) is 8.78. The molecule has 1 unspecified atom stereocenters. The number of anilines is 1. The minimum atomic E-state index is -0.0595.